The smallest absolute Gasteiger partial charge is 0.326 e. The summed E-state index contributed by atoms with van der Waals surface area (Å²) in [6.07, 6.45) is -2.38. The van der Waals surface area contributed by atoms with E-state index in [0.29, 0.717) is 27.7 Å². The molecule has 1 fully saturated rings. The molecular weight excluding hydrogens is 1890 g/mol. The van der Waals surface area contributed by atoms with Gasteiger partial charge in [-0.05, 0) is 102 Å². The number of thiol groups is 2. The summed E-state index contributed by atoms with van der Waals surface area (Å²) in [6.45, 7) is 10.3. The van der Waals surface area contributed by atoms with Gasteiger partial charge in [0.25, 0.3) is 0 Å². The SMILES string of the molecule is CC(C)C[C@H](NC(=O)[C@H](CC(=O)O)NC(=O)[C@H](CS)NC(=O)[C@H](Cc1c[nH]c2ccccc12)NC(=O)[C@@H](NC(=O)[C@H](C)NC(=O)[C@H](CC(=O)O)NC(=O)CNC(=O)[C@H](Cc1ccccc1)NC(=O)[C@@H]1CCCN1C(=O)[C@H](C)NC(=O)[C@H](CCC(N)=O)NC(=O)[C@H](C)NC(=O)[C@H](CS)NC(=O)[C@H](CC(C)C)NC(=O)[C@H](CC(=O)O)NC(=O)[C@@H](N)Cc1cnc[nH]1)[C@@H](C)O)C(=O)N[C@@H](CCCNC(=N)N)C(=O)O. The maximum atomic E-state index is 14.6. The third-order valence-electron chi connectivity index (χ3n) is 21.8. The maximum Gasteiger partial charge on any atom is 0.326 e. The van der Waals surface area contributed by atoms with Crippen LogP contribution in [0.25, 0.3) is 10.9 Å². The molecule has 141 heavy (non-hydrogen) atoms. The van der Waals surface area contributed by atoms with E-state index in [-0.39, 0.29) is 88.7 Å². The number of carboxylic acids is 4. The molecule has 1 aliphatic heterocycles. The summed E-state index contributed by atoms with van der Waals surface area (Å²) in [5, 5.41) is 98.5. The Morgan fingerprint density at radius 2 is 0.929 bits per heavy atom. The largest absolute Gasteiger partial charge is 0.481 e. The van der Waals surface area contributed by atoms with Crippen molar-refractivity contribution in [2.24, 2.45) is 29.0 Å². The first-order chi connectivity index (χ1) is 66.4. The van der Waals surface area contributed by atoms with Crippen LogP contribution in [-0.2, 0) is 125 Å². The number of rotatable bonds is 60. The van der Waals surface area contributed by atoms with Gasteiger partial charge in [0.2, 0.25) is 106 Å². The second kappa shape index (κ2) is 57.7. The molecule has 0 spiro atoms. The second-order valence-corrected chi connectivity index (χ2v) is 35.2. The number of aromatic nitrogens is 3. The predicted octanol–water partition coefficient (Wildman–Crippen LogP) is -7.94. The van der Waals surface area contributed by atoms with Crippen LogP contribution in [0.5, 0.6) is 0 Å². The number of benzene rings is 2. The minimum atomic E-state index is -2.01. The van der Waals surface area contributed by atoms with Gasteiger partial charge in [-0.25, -0.2) is 9.78 Å². The lowest BCUT2D eigenvalue weighted by molar-refractivity contribution is -0.143. The average Bonchev–Trinajstić information content (AvgIpc) is 1.71. The molecule has 52 nitrogen and oxygen atoms in total. The Hall–Kier alpha value is -14.6. The van der Waals surface area contributed by atoms with Crippen molar-refractivity contribution >= 4 is 172 Å². The number of amides is 18. The monoisotopic (exact) mass is 2020 g/mol. The normalized spacial score (nSPS) is 15.8. The Morgan fingerprint density at radius 3 is 1.45 bits per heavy atom. The molecule has 3 heterocycles. The van der Waals surface area contributed by atoms with Crippen LogP contribution in [0.1, 0.15) is 143 Å². The number of imidazole rings is 1. The number of hydrogen-bond acceptors (Lipinski definition) is 28. The highest BCUT2D eigenvalue weighted by Gasteiger charge is 2.42. The molecule has 54 heteroatoms. The molecule has 1 saturated heterocycles. The summed E-state index contributed by atoms with van der Waals surface area (Å²) in [7, 11) is 0. The zero-order chi connectivity index (χ0) is 105. The minimum absolute atomic E-state index is 0.00679. The Labute approximate surface area is 819 Å². The Balaban J connectivity index is 1.23. The molecule has 0 bridgehead atoms. The molecule has 0 aliphatic carbocycles. The van der Waals surface area contributed by atoms with Gasteiger partial charge in [-0.3, -0.25) is 106 Å². The summed E-state index contributed by atoms with van der Waals surface area (Å²) >= 11 is 8.41. The molecule has 31 N–H and O–H groups in total. The first-order valence-corrected chi connectivity index (χ1v) is 46.3. The van der Waals surface area contributed by atoms with E-state index in [1.807, 2.05) is 0 Å². The van der Waals surface area contributed by atoms with Crippen LogP contribution in [0.4, 0.5) is 0 Å². The number of nitrogens with two attached hydrogens (primary N) is 3. The molecule has 2 aromatic carbocycles. The number of guanidine groups is 1. The van der Waals surface area contributed by atoms with E-state index in [4.69, 9.17) is 22.6 Å². The van der Waals surface area contributed by atoms with Crippen molar-refractivity contribution in [1.29, 1.82) is 5.41 Å². The zero-order valence-corrected chi connectivity index (χ0v) is 80.4. The van der Waals surface area contributed by atoms with Crippen LogP contribution >= 0.6 is 25.3 Å². The van der Waals surface area contributed by atoms with Crippen LogP contribution in [0.15, 0.2) is 73.3 Å². The maximum absolute atomic E-state index is 14.6. The Kier molecular flexibility index (Phi) is 47.9. The van der Waals surface area contributed by atoms with Crippen molar-refractivity contribution in [3.63, 3.8) is 0 Å². The van der Waals surface area contributed by atoms with E-state index >= 15 is 0 Å². The van der Waals surface area contributed by atoms with Crippen LogP contribution in [-0.4, -0.2) is 322 Å². The van der Waals surface area contributed by atoms with Crippen LogP contribution < -0.4 is 108 Å². The molecule has 18 atom stereocenters. The summed E-state index contributed by atoms with van der Waals surface area (Å²) in [5.41, 5.74) is 18.6. The van der Waals surface area contributed by atoms with E-state index in [9.17, 15) is 131 Å². The number of aliphatic hydroxyl groups is 1. The van der Waals surface area contributed by atoms with Crippen molar-refractivity contribution < 1.29 is 131 Å². The topological polar surface area (TPSA) is 831 Å². The van der Waals surface area contributed by atoms with E-state index < -0.39 is 289 Å². The van der Waals surface area contributed by atoms with E-state index in [2.05, 4.69) is 131 Å². The number of H-pyrrole nitrogens is 2. The van der Waals surface area contributed by atoms with Crippen molar-refractivity contribution in [1.82, 2.24) is 110 Å². The lowest BCUT2D eigenvalue weighted by Gasteiger charge is -2.29. The number of aliphatic hydroxyl groups excluding tert-OH is 1. The molecule has 5 rings (SSSR count). The number of primary amides is 1. The number of carbonyl (C=O) groups excluding carboxylic acids is 18. The van der Waals surface area contributed by atoms with Crippen LogP contribution in [0.3, 0.4) is 0 Å². The quantitative estimate of drug-likeness (QED) is 0.00845. The lowest BCUT2D eigenvalue weighted by Crippen LogP contribution is -2.62. The summed E-state index contributed by atoms with van der Waals surface area (Å²) < 4.78 is 0. The van der Waals surface area contributed by atoms with Gasteiger partial charge in [0, 0.05) is 79.3 Å². The first-order valence-electron chi connectivity index (χ1n) is 45.0. The summed E-state index contributed by atoms with van der Waals surface area (Å²) in [5.74, 6) is -27.4. The minimum Gasteiger partial charge on any atom is -0.481 e. The number of aromatic amines is 2. The van der Waals surface area contributed by atoms with E-state index in [0.717, 1.165) is 18.7 Å². The van der Waals surface area contributed by atoms with Gasteiger partial charge < -0.3 is 148 Å². The number of carboxylic acid groups (broad SMARTS) is 4. The van der Waals surface area contributed by atoms with Gasteiger partial charge in [-0.1, -0.05) is 76.2 Å². The molecule has 2 aromatic heterocycles. The highest BCUT2D eigenvalue weighted by Crippen LogP contribution is 2.23. The van der Waals surface area contributed by atoms with E-state index in [1.54, 1.807) is 82.3 Å². The summed E-state index contributed by atoms with van der Waals surface area (Å²) in [4.78, 5) is 309. The van der Waals surface area contributed by atoms with E-state index in [1.165, 1.54) is 32.6 Å². The van der Waals surface area contributed by atoms with Gasteiger partial charge >= 0.3 is 23.9 Å². The van der Waals surface area contributed by atoms with Gasteiger partial charge in [-0.2, -0.15) is 25.3 Å². The number of aliphatic carboxylic acids is 4. The number of hydrogen-bond donors (Lipinski definition) is 30. The summed E-state index contributed by atoms with van der Waals surface area (Å²) in [6, 6.07) is -12.8. The van der Waals surface area contributed by atoms with Gasteiger partial charge in [0.15, 0.2) is 5.96 Å². The fraction of sp³-hybridized carbons (Fsp3) is 0.540. The highest BCUT2D eigenvalue weighted by atomic mass is 32.1. The number of para-hydroxylation sites is 1. The van der Waals surface area contributed by atoms with Crippen LogP contribution in [0, 0.1) is 17.2 Å². The fourth-order valence-electron chi connectivity index (χ4n) is 14.4. The number of nitrogens with zero attached hydrogens (tertiary/aromatic N) is 2. The fourth-order valence-corrected chi connectivity index (χ4v) is 15.0. The van der Waals surface area contributed by atoms with Gasteiger partial charge in [-0.15, -0.1) is 0 Å². The van der Waals surface area contributed by atoms with Crippen molar-refractivity contribution in [2.75, 3.05) is 31.1 Å². The van der Waals surface area contributed by atoms with Crippen molar-refractivity contribution in [2.45, 2.75) is 254 Å². The number of likely N-dealkylation sites (tertiary alicyclic amines) is 1. The number of nitrogens with one attached hydrogen (secondary N) is 20. The molecule has 0 unspecified atom stereocenters. The standard InChI is InChI=1S/C87H127N25O27S2/c1-40(2)26-54(76(128)102-53(86(138)139)20-14-24-93-87(90)91)104-80(132)60(33-68(120)121)106-82(134)62(38-141)110-78(130)57(29-47-34-94-51-19-13-12-18-49(47)51)108-84(136)69(45(8)113)111-71(123)43(6)97-75(127)58(31-66(116)117)100-65(115)36-95-73(125)56(28-46-16-10-9-11-17-46)107-83(135)63-21-15-25-112(63)85(137)44(7)99-74(126)52(22-23-64(89)114)101-70(122)42(5)98-81(133)61(37-140)109-77(129)55(27-41(3)4)105-79(131)59(32-67(118)119)103-72(124)50(88)30-48-35-92-39-96-48/h9-13,16-19,34-35,39-45,50,52-63,69,94,113,140-141H,14-15,20-33,36-38,88H2,1-8H3,(H2,89,114)(H,92,96)(H,95,125)(H,97,127)(H,98,133)(H,99,126)(H,100,115)(H,101,122)(H,102,128)(H,103,124)(H,104,132)(H,105,131)(H,106,134)(H,107,135)(H,108,136)(H,109,129)(H,110,130)(H,111,123)(H,116,117)(H,118,119)(H,120,121)(H,138,139)(H4,90,91,93)/t42-,43-,44-,45+,50-,52-,53-,54-,55-,56-,57-,58-,59-,60-,61-,62-,63-,69-/m0/s1. The number of fused-ring (bicyclic) bond motifs is 1. The average molecular weight is 2020 g/mol. The predicted molar refractivity (Wildman–Crippen MR) is 506 cm³/mol. The van der Waals surface area contributed by atoms with Crippen molar-refractivity contribution in [3.05, 3.63) is 90.1 Å². The zero-order valence-electron chi connectivity index (χ0n) is 78.6. The van der Waals surface area contributed by atoms with Gasteiger partial charge in [0.05, 0.1) is 44.3 Å². The first kappa shape index (κ1) is 117. The third-order valence-corrected chi connectivity index (χ3v) is 22.5. The lowest BCUT2D eigenvalue weighted by atomic mass is 10.0. The molecular formula is C87H127N25O27S2. The molecule has 0 saturated carbocycles. The molecule has 18 amide bonds. The van der Waals surface area contributed by atoms with Crippen LogP contribution in [0.2, 0.25) is 0 Å². The third kappa shape index (κ3) is 39.7. The molecule has 4 aromatic rings. The highest BCUT2D eigenvalue weighted by molar-refractivity contribution is 7.80. The molecule has 774 valence electrons. The second-order valence-electron chi connectivity index (χ2n) is 34.4. The Bertz CT molecular complexity index is 5110. The van der Waals surface area contributed by atoms with Gasteiger partial charge in [0.1, 0.15) is 96.7 Å². The van der Waals surface area contributed by atoms with Crippen molar-refractivity contribution in [3.8, 4) is 0 Å². The number of carbonyl (C=O) groups is 22. The Morgan fingerprint density at radius 1 is 0.475 bits per heavy atom. The molecule has 1 aliphatic rings. The molecule has 0 radical (unpaired) electrons.